The highest BCUT2D eigenvalue weighted by Gasteiger charge is 2.27. The van der Waals surface area contributed by atoms with Gasteiger partial charge in [0.05, 0.1) is 5.69 Å². The molecule has 15 heavy (non-hydrogen) atoms. The van der Waals surface area contributed by atoms with Gasteiger partial charge in [0.15, 0.2) is 0 Å². The molecule has 0 aromatic carbocycles. The van der Waals surface area contributed by atoms with E-state index in [0.29, 0.717) is 12.2 Å². The van der Waals surface area contributed by atoms with E-state index < -0.39 is 17.0 Å². The van der Waals surface area contributed by atoms with E-state index >= 15 is 0 Å². The number of aryl methyl sites for hydroxylation is 1. The van der Waals surface area contributed by atoms with Gasteiger partial charge in [0.25, 0.3) is 5.56 Å². The molecule has 0 bridgehead atoms. The zero-order valence-corrected chi connectivity index (χ0v) is 9.35. The van der Waals surface area contributed by atoms with E-state index in [9.17, 15) is 9.18 Å². The molecule has 0 aliphatic heterocycles. The topological polar surface area (TPSA) is 55.0 Å². The Bertz CT molecular complexity index is 410. The summed E-state index contributed by atoms with van der Waals surface area (Å²) >= 11 is 0. The number of hydrogen-bond donors (Lipinski definition) is 1. The Morgan fingerprint density at radius 3 is 2.60 bits per heavy atom. The van der Waals surface area contributed by atoms with E-state index in [0.717, 1.165) is 0 Å². The third-order valence-corrected chi connectivity index (χ3v) is 2.65. The Balaban J connectivity index is 3.33. The van der Waals surface area contributed by atoms with Crippen molar-refractivity contribution in [3.8, 4) is 0 Å². The van der Waals surface area contributed by atoms with Crippen molar-refractivity contribution in [1.82, 2.24) is 9.97 Å². The third-order valence-electron chi connectivity index (χ3n) is 2.65. The predicted molar refractivity (Wildman–Crippen MR) is 54.2 cm³/mol. The summed E-state index contributed by atoms with van der Waals surface area (Å²) in [6.45, 7) is 5.16. The molecule has 0 saturated carbocycles. The van der Waals surface area contributed by atoms with Crippen LogP contribution in [-0.2, 0) is 10.3 Å². The van der Waals surface area contributed by atoms with E-state index in [2.05, 4.69) is 9.97 Å². The molecule has 0 aliphatic carbocycles. The third kappa shape index (κ3) is 2.07. The van der Waals surface area contributed by atoms with Crippen molar-refractivity contribution in [2.45, 2.75) is 32.8 Å². The summed E-state index contributed by atoms with van der Waals surface area (Å²) in [5.41, 5.74) is -1.35. The molecule has 1 unspecified atom stereocenters. The molecule has 1 heterocycles. The van der Waals surface area contributed by atoms with Crippen molar-refractivity contribution in [3.05, 3.63) is 27.7 Å². The second-order valence-electron chi connectivity index (χ2n) is 3.60. The van der Waals surface area contributed by atoms with E-state index in [4.69, 9.17) is 4.74 Å². The lowest BCUT2D eigenvalue weighted by Gasteiger charge is -2.25. The quantitative estimate of drug-likeness (QED) is 0.829. The van der Waals surface area contributed by atoms with Crippen LogP contribution in [0.2, 0.25) is 0 Å². The van der Waals surface area contributed by atoms with E-state index in [1.807, 2.05) is 6.92 Å². The molecule has 1 rings (SSSR count). The molecule has 0 amide bonds. The second kappa shape index (κ2) is 4.10. The molecule has 1 aromatic rings. The summed E-state index contributed by atoms with van der Waals surface area (Å²) in [7, 11) is 1.53. The molecule has 1 aromatic heterocycles. The average Bonchev–Trinajstić information content (AvgIpc) is 2.24. The molecular formula is C10H15FN2O2. The van der Waals surface area contributed by atoms with Crippen LogP contribution in [0.4, 0.5) is 4.39 Å². The fourth-order valence-electron chi connectivity index (χ4n) is 1.23. The van der Waals surface area contributed by atoms with Gasteiger partial charge >= 0.3 is 0 Å². The van der Waals surface area contributed by atoms with Crippen molar-refractivity contribution < 1.29 is 9.13 Å². The Morgan fingerprint density at radius 2 is 2.20 bits per heavy atom. The van der Waals surface area contributed by atoms with E-state index in [1.54, 1.807) is 6.92 Å². The van der Waals surface area contributed by atoms with Gasteiger partial charge in [-0.05, 0) is 20.3 Å². The molecule has 0 fully saturated rings. The maximum Gasteiger partial charge on any atom is 0.287 e. The van der Waals surface area contributed by atoms with E-state index in [-0.39, 0.29) is 5.69 Å². The van der Waals surface area contributed by atoms with Crippen LogP contribution in [0.3, 0.4) is 0 Å². The first-order chi connectivity index (χ1) is 6.94. The maximum absolute atomic E-state index is 13.1. The maximum atomic E-state index is 13.1. The molecule has 0 aliphatic rings. The number of rotatable bonds is 3. The fraction of sp³-hybridized carbons (Fsp3) is 0.600. The van der Waals surface area contributed by atoms with Crippen LogP contribution in [0.15, 0.2) is 4.79 Å². The summed E-state index contributed by atoms with van der Waals surface area (Å²) < 4.78 is 18.3. The monoisotopic (exact) mass is 214 g/mol. The van der Waals surface area contributed by atoms with Crippen LogP contribution < -0.4 is 5.56 Å². The Morgan fingerprint density at radius 1 is 1.60 bits per heavy atom. The Kier molecular flexibility index (Phi) is 3.24. The zero-order valence-electron chi connectivity index (χ0n) is 9.35. The standard InChI is InChI=1S/C10H15FN2O2/c1-5-10(3,15-4)9-12-6(2)7(11)8(14)13-9/h5H2,1-4H3,(H,12,13,14). The lowest BCUT2D eigenvalue weighted by molar-refractivity contribution is -0.00949. The van der Waals surface area contributed by atoms with Crippen molar-refractivity contribution in [3.63, 3.8) is 0 Å². The van der Waals surface area contributed by atoms with Gasteiger partial charge in [0.2, 0.25) is 5.82 Å². The van der Waals surface area contributed by atoms with Crippen LogP contribution >= 0.6 is 0 Å². The fourth-order valence-corrected chi connectivity index (χ4v) is 1.23. The molecule has 5 heteroatoms. The molecule has 1 atom stereocenters. The van der Waals surface area contributed by atoms with Gasteiger partial charge in [-0.2, -0.15) is 4.39 Å². The Hall–Kier alpha value is -1.23. The smallest absolute Gasteiger partial charge is 0.287 e. The van der Waals surface area contributed by atoms with Gasteiger partial charge in [-0.25, -0.2) is 4.98 Å². The number of nitrogens with zero attached hydrogens (tertiary/aromatic N) is 1. The average molecular weight is 214 g/mol. The Labute approximate surface area is 87.5 Å². The van der Waals surface area contributed by atoms with E-state index in [1.165, 1.54) is 14.0 Å². The molecule has 0 radical (unpaired) electrons. The number of aromatic nitrogens is 2. The number of methoxy groups -OCH3 is 1. The highest BCUT2D eigenvalue weighted by molar-refractivity contribution is 5.08. The summed E-state index contributed by atoms with van der Waals surface area (Å²) in [5.74, 6) is -0.482. The van der Waals surface area contributed by atoms with Gasteiger partial charge in [-0.1, -0.05) is 6.92 Å². The molecule has 84 valence electrons. The molecule has 0 spiro atoms. The molecular weight excluding hydrogens is 199 g/mol. The van der Waals surface area contributed by atoms with Gasteiger partial charge in [-0.3, -0.25) is 4.79 Å². The first kappa shape index (κ1) is 11.8. The lowest BCUT2D eigenvalue weighted by atomic mass is 10.0. The molecule has 1 N–H and O–H groups in total. The summed E-state index contributed by atoms with van der Waals surface area (Å²) in [4.78, 5) is 17.6. The van der Waals surface area contributed by atoms with Gasteiger partial charge in [0, 0.05) is 7.11 Å². The number of aromatic amines is 1. The van der Waals surface area contributed by atoms with Crippen LogP contribution in [0.5, 0.6) is 0 Å². The van der Waals surface area contributed by atoms with Crippen molar-refractivity contribution in [1.29, 1.82) is 0 Å². The number of nitrogens with one attached hydrogen (secondary N) is 1. The summed E-state index contributed by atoms with van der Waals surface area (Å²) in [5, 5.41) is 0. The summed E-state index contributed by atoms with van der Waals surface area (Å²) in [6, 6.07) is 0. The number of hydrogen-bond acceptors (Lipinski definition) is 3. The SMILES string of the molecule is CCC(C)(OC)c1nc(C)c(F)c(=O)[nH]1. The van der Waals surface area contributed by atoms with Crippen molar-refractivity contribution >= 4 is 0 Å². The van der Waals surface area contributed by atoms with Crippen LogP contribution in [-0.4, -0.2) is 17.1 Å². The number of H-pyrrole nitrogens is 1. The first-order valence-electron chi connectivity index (χ1n) is 4.76. The highest BCUT2D eigenvalue weighted by Crippen LogP contribution is 2.24. The predicted octanol–water partition coefficient (Wildman–Crippen LogP) is 1.49. The van der Waals surface area contributed by atoms with Crippen molar-refractivity contribution in [2.75, 3.05) is 7.11 Å². The van der Waals surface area contributed by atoms with Gasteiger partial charge in [0.1, 0.15) is 11.4 Å². The largest absolute Gasteiger partial charge is 0.371 e. The minimum absolute atomic E-state index is 0.0884. The minimum atomic E-state index is -0.840. The second-order valence-corrected chi connectivity index (χ2v) is 3.60. The van der Waals surface area contributed by atoms with Crippen LogP contribution in [0.1, 0.15) is 31.8 Å². The minimum Gasteiger partial charge on any atom is -0.371 e. The normalized spacial score (nSPS) is 15.0. The number of halogens is 1. The lowest BCUT2D eigenvalue weighted by Crippen LogP contribution is -2.31. The van der Waals surface area contributed by atoms with Crippen LogP contribution in [0, 0.1) is 12.7 Å². The van der Waals surface area contributed by atoms with Gasteiger partial charge < -0.3 is 9.72 Å². The van der Waals surface area contributed by atoms with Gasteiger partial charge in [-0.15, -0.1) is 0 Å². The molecule has 0 saturated heterocycles. The van der Waals surface area contributed by atoms with Crippen molar-refractivity contribution in [2.24, 2.45) is 0 Å². The summed E-state index contributed by atoms with van der Waals surface area (Å²) in [6.07, 6.45) is 0.636. The first-order valence-corrected chi connectivity index (χ1v) is 4.76. The van der Waals surface area contributed by atoms with Crippen LogP contribution in [0.25, 0.3) is 0 Å². The molecule has 4 nitrogen and oxygen atoms in total. The zero-order chi connectivity index (χ0) is 11.6. The number of ether oxygens (including phenoxy) is 1. The highest BCUT2D eigenvalue weighted by atomic mass is 19.1.